The van der Waals surface area contributed by atoms with Gasteiger partial charge in [-0.05, 0) is 52.6 Å². The molecule has 0 amide bonds. The Morgan fingerprint density at radius 3 is 1.38 bits per heavy atom. The summed E-state index contributed by atoms with van der Waals surface area (Å²) in [5, 5.41) is 4.64. The molecule has 262 valence electrons. The Balaban J connectivity index is 1.17. The van der Waals surface area contributed by atoms with Gasteiger partial charge in [0.2, 0.25) is 5.95 Å². The van der Waals surface area contributed by atoms with E-state index in [-0.39, 0.29) is 0 Å². The molecule has 0 atom stereocenters. The molecule has 0 unspecified atom stereocenters. The summed E-state index contributed by atoms with van der Waals surface area (Å²) in [7, 11) is 0. The molecule has 5 heteroatoms. The molecule has 0 radical (unpaired) electrons. The van der Waals surface area contributed by atoms with E-state index < -0.39 is 0 Å². The van der Waals surface area contributed by atoms with E-state index in [1.807, 2.05) is 24.3 Å². The highest BCUT2D eigenvalue weighted by atomic mass is 15.2. The van der Waals surface area contributed by atoms with Crippen molar-refractivity contribution in [3.8, 4) is 56.7 Å². The molecule has 8 aromatic carbocycles. The van der Waals surface area contributed by atoms with Crippen LogP contribution in [-0.4, -0.2) is 24.1 Å². The minimum atomic E-state index is 0.565. The lowest BCUT2D eigenvalue weighted by Gasteiger charge is -2.13. The smallest absolute Gasteiger partial charge is 0.238 e. The zero-order valence-electron chi connectivity index (χ0n) is 30.3. The number of fused-ring (bicyclic) bond motifs is 7. The molecule has 0 aliphatic rings. The zero-order valence-corrected chi connectivity index (χ0v) is 30.3. The van der Waals surface area contributed by atoms with Crippen LogP contribution in [0.1, 0.15) is 0 Å². The molecular weight excluding hydrogens is 683 g/mol. The van der Waals surface area contributed by atoms with Crippen molar-refractivity contribution in [1.29, 1.82) is 0 Å². The highest BCUT2D eigenvalue weighted by molar-refractivity contribution is 6.23. The maximum absolute atomic E-state index is 5.36. The van der Waals surface area contributed by atoms with E-state index in [2.05, 4.69) is 185 Å². The maximum atomic E-state index is 5.36. The van der Waals surface area contributed by atoms with E-state index in [1.165, 1.54) is 21.9 Å². The number of hydrogen-bond donors (Lipinski definition) is 0. The molecule has 0 aliphatic heterocycles. The summed E-state index contributed by atoms with van der Waals surface area (Å²) in [5.41, 5.74) is 11.9. The minimum Gasteiger partial charge on any atom is -0.307 e. The molecule has 0 fully saturated rings. The molecule has 5 nitrogen and oxygen atoms in total. The van der Waals surface area contributed by atoms with Crippen molar-refractivity contribution >= 4 is 43.6 Å². The Morgan fingerprint density at radius 1 is 0.286 bits per heavy atom. The van der Waals surface area contributed by atoms with Crippen molar-refractivity contribution in [2.45, 2.75) is 0 Å². The molecule has 3 heterocycles. The Bertz CT molecular complexity index is 3220. The first-order valence-corrected chi connectivity index (χ1v) is 18.9. The van der Waals surface area contributed by atoms with Crippen LogP contribution in [0.2, 0.25) is 0 Å². The molecule has 3 aromatic heterocycles. The third kappa shape index (κ3) is 5.21. The van der Waals surface area contributed by atoms with Gasteiger partial charge in [0.1, 0.15) is 0 Å². The Kier molecular flexibility index (Phi) is 7.42. The monoisotopic (exact) mass is 715 g/mol. The van der Waals surface area contributed by atoms with E-state index in [9.17, 15) is 0 Å². The predicted octanol–water partition coefficient (Wildman–Crippen LogP) is 12.7. The van der Waals surface area contributed by atoms with Gasteiger partial charge >= 0.3 is 0 Å². The van der Waals surface area contributed by atoms with Crippen LogP contribution < -0.4 is 0 Å². The third-order valence-electron chi connectivity index (χ3n) is 10.8. The summed E-state index contributed by atoms with van der Waals surface area (Å²) in [6, 6.07) is 70.3. The fourth-order valence-electron chi connectivity index (χ4n) is 8.19. The van der Waals surface area contributed by atoms with Crippen LogP contribution in [0.4, 0.5) is 0 Å². The molecule has 0 N–H and O–H groups in total. The highest BCUT2D eigenvalue weighted by Gasteiger charge is 2.23. The van der Waals surface area contributed by atoms with Gasteiger partial charge in [-0.15, -0.1) is 0 Å². The lowest BCUT2D eigenvalue weighted by atomic mass is 9.99. The maximum Gasteiger partial charge on any atom is 0.238 e. The molecule has 11 rings (SSSR count). The van der Waals surface area contributed by atoms with Gasteiger partial charge in [-0.1, -0.05) is 170 Å². The second-order valence-corrected chi connectivity index (χ2v) is 14.1. The molecule has 0 saturated carbocycles. The summed E-state index contributed by atoms with van der Waals surface area (Å²) in [5.74, 6) is 1.79. The lowest BCUT2D eigenvalue weighted by molar-refractivity contribution is 0.953. The van der Waals surface area contributed by atoms with Gasteiger partial charge in [-0.3, -0.25) is 4.57 Å². The van der Waals surface area contributed by atoms with Crippen LogP contribution >= 0.6 is 0 Å². The van der Waals surface area contributed by atoms with Crippen LogP contribution in [0.15, 0.2) is 200 Å². The Labute approximate surface area is 323 Å². The normalized spacial score (nSPS) is 11.6. The average Bonchev–Trinajstić information content (AvgIpc) is 3.80. The molecule has 0 spiro atoms. The van der Waals surface area contributed by atoms with Gasteiger partial charge in [0.05, 0.1) is 22.1 Å². The van der Waals surface area contributed by atoms with Crippen LogP contribution in [0, 0.1) is 0 Å². The SMILES string of the molecule is c1ccc(-c2ccc(-c3cccc(-c4nc(-c5ccccc5)nc(-n5c6ccccc6c6ccc7c8ccccc8n(-c8ccccc8)c7c65)n4)c3)cc2)cc1. The second-order valence-electron chi connectivity index (χ2n) is 14.1. The minimum absolute atomic E-state index is 0.565. The van der Waals surface area contributed by atoms with Crippen LogP contribution in [0.3, 0.4) is 0 Å². The second kappa shape index (κ2) is 13.0. The van der Waals surface area contributed by atoms with E-state index in [0.717, 1.165) is 60.8 Å². The number of benzene rings is 8. The summed E-state index contributed by atoms with van der Waals surface area (Å²) in [6.07, 6.45) is 0. The topological polar surface area (TPSA) is 48.5 Å². The van der Waals surface area contributed by atoms with Gasteiger partial charge in [-0.2, -0.15) is 9.97 Å². The van der Waals surface area contributed by atoms with Crippen LogP contribution in [0.5, 0.6) is 0 Å². The predicted molar refractivity (Wildman–Crippen MR) is 230 cm³/mol. The standard InChI is InChI=1S/C51H33N5/c1-4-15-34(16-5-1)35-27-29-36(30-28-35)38-19-14-20-39(33-38)50-52-49(37-17-6-2-7-18-37)53-51(54-50)56-46-26-13-11-24-42(46)44-32-31-43-41-23-10-12-25-45(41)55(47(43)48(44)56)40-21-8-3-9-22-40/h1-33H. The summed E-state index contributed by atoms with van der Waals surface area (Å²) < 4.78 is 4.63. The van der Waals surface area contributed by atoms with Crippen LogP contribution in [0.25, 0.3) is 100 Å². The average molecular weight is 716 g/mol. The van der Waals surface area contributed by atoms with Gasteiger partial charge < -0.3 is 4.57 Å². The van der Waals surface area contributed by atoms with Crippen molar-refractivity contribution in [2.24, 2.45) is 0 Å². The van der Waals surface area contributed by atoms with Crippen molar-refractivity contribution < 1.29 is 0 Å². The molecule has 56 heavy (non-hydrogen) atoms. The van der Waals surface area contributed by atoms with E-state index >= 15 is 0 Å². The quantitative estimate of drug-likeness (QED) is 0.172. The lowest BCUT2D eigenvalue weighted by Crippen LogP contribution is -2.07. The number of aromatic nitrogens is 5. The summed E-state index contributed by atoms with van der Waals surface area (Å²) >= 11 is 0. The van der Waals surface area contributed by atoms with E-state index in [1.54, 1.807) is 0 Å². The van der Waals surface area contributed by atoms with Crippen molar-refractivity contribution in [2.75, 3.05) is 0 Å². The number of rotatable bonds is 6. The third-order valence-corrected chi connectivity index (χ3v) is 10.8. The molecule has 0 saturated heterocycles. The van der Waals surface area contributed by atoms with Gasteiger partial charge in [0, 0.05) is 38.4 Å². The largest absolute Gasteiger partial charge is 0.307 e. The number of para-hydroxylation sites is 3. The summed E-state index contributed by atoms with van der Waals surface area (Å²) in [4.78, 5) is 15.8. The van der Waals surface area contributed by atoms with E-state index in [0.29, 0.717) is 17.6 Å². The first-order chi connectivity index (χ1) is 27.8. The molecule has 0 aliphatic carbocycles. The highest BCUT2D eigenvalue weighted by Crippen LogP contribution is 2.41. The first-order valence-electron chi connectivity index (χ1n) is 18.9. The number of nitrogens with zero attached hydrogens (tertiary/aromatic N) is 5. The molecule has 0 bridgehead atoms. The van der Waals surface area contributed by atoms with Crippen molar-refractivity contribution in [1.82, 2.24) is 24.1 Å². The van der Waals surface area contributed by atoms with Crippen molar-refractivity contribution in [3.05, 3.63) is 200 Å². The zero-order chi connectivity index (χ0) is 37.0. The Hall–Kier alpha value is -7.63. The summed E-state index contributed by atoms with van der Waals surface area (Å²) in [6.45, 7) is 0. The number of hydrogen-bond acceptors (Lipinski definition) is 3. The van der Waals surface area contributed by atoms with Gasteiger partial charge in [0.15, 0.2) is 11.6 Å². The fraction of sp³-hybridized carbons (Fsp3) is 0. The fourth-order valence-corrected chi connectivity index (χ4v) is 8.19. The first kappa shape index (κ1) is 31.9. The Morgan fingerprint density at radius 2 is 0.732 bits per heavy atom. The van der Waals surface area contributed by atoms with Crippen LogP contribution in [-0.2, 0) is 0 Å². The molecular formula is C51H33N5. The van der Waals surface area contributed by atoms with Gasteiger partial charge in [-0.25, -0.2) is 4.98 Å². The van der Waals surface area contributed by atoms with Gasteiger partial charge in [0.25, 0.3) is 0 Å². The van der Waals surface area contributed by atoms with E-state index in [4.69, 9.17) is 15.0 Å². The molecule has 11 aromatic rings. The van der Waals surface area contributed by atoms with Crippen molar-refractivity contribution in [3.63, 3.8) is 0 Å².